The molecule has 1 aromatic rings. The van der Waals surface area contributed by atoms with Gasteiger partial charge in [-0.1, -0.05) is 12.1 Å². The zero-order valence-corrected chi connectivity index (χ0v) is 11.6. The van der Waals surface area contributed by atoms with E-state index >= 15 is 0 Å². The van der Waals surface area contributed by atoms with Crippen LogP contribution < -0.4 is 9.47 Å². The Bertz CT molecular complexity index is 580. The van der Waals surface area contributed by atoms with Gasteiger partial charge in [0, 0.05) is 24.7 Å². The summed E-state index contributed by atoms with van der Waals surface area (Å²) in [6.45, 7) is 1.59. The molecular formula is C14H15F2NO5. The summed E-state index contributed by atoms with van der Waals surface area (Å²) in [5.74, 6) is -0.927. The molecular weight excluding hydrogens is 300 g/mol. The minimum Gasteiger partial charge on any atom is -0.481 e. The minimum atomic E-state index is -3.66. The van der Waals surface area contributed by atoms with Crippen LogP contribution in [0.1, 0.15) is 12.0 Å². The van der Waals surface area contributed by atoms with Crippen molar-refractivity contribution < 1.29 is 32.9 Å². The number of rotatable bonds is 4. The first-order valence-corrected chi connectivity index (χ1v) is 6.86. The number of morpholine rings is 1. The number of benzene rings is 1. The number of aliphatic carboxylic acids is 1. The van der Waals surface area contributed by atoms with Crippen molar-refractivity contribution in [2.24, 2.45) is 0 Å². The Labute approximate surface area is 125 Å². The zero-order chi connectivity index (χ0) is 15.7. The van der Waals surface area contributed by atoms with E-state index in [9.17, 15) is 13.6 Å². The van der Waals surface area contributed by atoms with Gasteiger partial charge in [0.05, 0.1) is 19.6 Å². The zero-order valence-electron chi connectivity index (χ0n) is 11.6. The molecule has 1 atom stereocenters. The molecule has 1 aromatic carbocycles. The van der Waals surface area contributed by atoms with Crippen molar-refractivity contribution in [3.8, 4) is 11.5 Å². The van der Waals surface area contributed by atoms with Crippen LogP contribution in [0, 0.1) is 0 Å². The van der Waals surface area contributed by atoms with Gasteiger partial charge < -0.3 is 19.3 Å². The maximum Gasteiger partial charge on any atom is 0.586 e. The van der Waals surface area contributed by atoms with Crippen LogP contribution in [0.4, 0.5) is 8.78 Å². The van der Waals surface area contributed by atoms with Gasteiger partial charge in [0.15, 0.2) is 11.5 Å². The topological polar surface area (TPSA) is 68.2 Å². The van der Waals surface area contributed by atoms with E-state index in [2.05, 4.69) is 9.47 Å². The van der Waals surface area contributed by atoms with Crippen LogP contribution in [0.5, 0.6) is 11.5 Å². The number of fused-ring (bicyclic) bond motifs is 1. The molecule has 3 rings (SSSR count). The van der Waals surface area contributed by atoms with Gasteiger partial charge in [-0.25, -0.2) is 0 Å². The molecule has 0 amide bonds. The van der Waals surface area contributed by atoms with E-state index in [0.717, 1.165) is 0 Å². The first-order valence-electron chi connectivity index (χ1n) is 6.86. The second kappa shape index (κ2) is 5.69. The number of hydrogen-bond acceptors (Lipinski definition) is 5. The quantitative estimate of drug-likeness (QED) is 0.912. The number of carboxylic acids is 1. The van der Waals surface area contributed by atoms with E-state index < -0.39 is 12.3 Å². The van der Waals surface area contributed by atoms with Gasteiger partial charge in [-0.15, -0.1) is 8.78 Å². The summed E-state index contributed by atoms with van der Waals surface area (Å²) in [5, 5.41) is 8.95. The number of ether oxygens (including phenoxy) is 3. The molecule has 0 spiro atoms. The van der Waals surface area contributed by atoms with Gasteiger partial charge >= 0.3 is 12.3 Å². The van der Waals surface area contributed by atoms with E-state index in [1.54, 1.807) is 12.1 Å². The van der Waals surface area contributed by atoms with Crippen LogP contribution in [0.2, 0.25) is 0 Å². The van der Waals surface area contributed by atoms with Crippen molar-refractivity contribution in [1.82, 2.24) is 4.90 Å². The van der Waals surface area contributed by atoms with E-state index in [4.69, 9.17) is 9.84 Å². The summed E-state index contributed by atoms with van der Waals surface area (Å²) >= 11 is 0. The fourth-order valence-corrected chi connectivity index (χ4v) is 2.66. The average molecular weight is 315 g/mol. The average Bonchev–Trinajstić information content (AvgIpc) is 2.75. The molecule has 0 bridgehead atoms. The molecule has 0 radical (unpaired) electrons. The largest absolute Gasteiger partial charge is 0.586 e. The molecule has 0 unspecified atom stereocenters. The molecule has 2 heterocycles. The number of para-hydroxylation sites is 1. The van der Waals surface area contributed by atoms with Crippen LogP contribution in [-0.4, -0.2) is 48.1 Å². The van der Waals surface area contributed by atoms with Gasteiger partial charge in [0.1, 0.15) is 0 Å². The summed E-state index contributed by atoms with van der Waals surface area (Å²) in [7, 11) is 0. The highest BCUT2D eigenvalue weighted by atomic mass is 19.3. The predicted molar refractivity (Wildman–Crippen MR) is 69.9 cm³/mol. The smallest absolute Gasteiger partial charge is 0.481 e. The standard InChI is InChI=1S/C14H15F2NO5/c15-14(16)21-11-3-1-2-9(13(11)22-14)7-17-4-5-20-8-10(17)6-12(18)19/h1-3,10H,4-8H2,(H,18,19)/t10-/m1/s1. The van der Waals surface area contributed by atoms with Crippen LogP contribution in [0.25, 0.3) is 0 Å². The first kappa shape index (κ1) is 15.0. The van der Waals surface area contributed by atoms with Crippen molar-refractivity contribution in [3.63, 3.8) is 0 Å². The number of alkyl halides is 2. The highest BCUT2D eigenvalue weighted by Gasteiger charge is 2.44. The van der Waals surface area contributed by atoms with Gasteiger partial charge in [-0.2, -0.15) is 0 Å². The summed E-state index contributed by atoms with van der Waals surface area (Å²) < 4.78 is 40.6. The molecule has 22 heavy (non-hydrogen) atoms. The van der Waals surface area contributed by atoms with E-state index in [1.165, 1.54) is 6.07 Å². The third kappa shape index (κ3) is 3.12. The second-order valence-electron chi connectivity index (χ2n) is 5.21. The van der Waals surface area contributed by atoms with Crippen molar-refractivity contribution in [2.45, 2.75) is 25.3 Å². The Kier molecular flexibility index (Phi) is 3.88. The second-order valence-corrected chi connectivity index (χ2v) is 5.21. The Hall–Kier alpha value is -1.93. The lowest BCUT2D eigenvalue weighted by molar-refractivity contribution is -0.287. The van der Waals surface area contributed by atoms with Crippen LogP contribution in [0.15, 0.2) is 18.2 Å². The van der Waals surface area contributed by atoms with Crippen molar-refractivity contribution in [2.75, 3.05) is 19.8 Å². The maximum atomic E-state index is 13.2. The monoisotopic (exact) mass is 315 g/mol. The molecule has 2 aliphatic heterocycles. The highest BCUT2D eigenvalue weighted by Crippen LogP contribution is 2.43. The lowest BCUT2D eigenvalue weighted by Crippen LogP contribution is -2.45. The molecule has 1 N–H and O–H groups in total. The maximum absolute atomic E-state index is 13.2. The highest BCUT2D eigenvalue weighted by molar-refractivity contribution is 5.67. The first-order chi connectivity index (χ1) is 10.4. The van der Waals surface area contributed by atoms with Crippen LogP contribution in [-0.2, 0) is 16.1 Å². The SMILES string of the molecule is O=C(O)C[C@@H]1COCCN1Cc1cccc2c1OC(F)(F)O2. The molecule has 120 valence electrons. The van der Waals surface area contributed by atoms with Crippen LogP contribution >= 0.6 is 0 Å². The Balaban J connectivity index is 1.78. The fourth-order valence-electron chi connectivity index (χ4n) is 2.66. The molecule has 0 aromatic heterocycles. The van der Waals surface area contributed by atoms with Crippen molar-refractivity contribution in [3.05, 3.63) is 23.8 Å². The van der Waals surface area contributed by atoms with Gasteiger partial charge in [-0.05, 0) is 6.07 Å². The van der Waals surface area contributed by atoms with Gasteiger partial charge in [0.25, 0.3) is 0 Å². The summed E-state index contributed by atoms with van der Waals surface area (Å²) in [5.41, 5.74) is 0.534. The molecule has 8 heteroatoms. The molecule has 0 aliphatic carbocycles. The molecule has 6 nitrogen and oxygen atoms in total. The third-order valence-electron chi connectivity index (χ3n) is 3.64. The predicted octanol–water partition coefficient (Wildman–Crippen LogP) is 1.68. The summed E-state index contributed by atoms with van der Waals surface area (Å²) in [6, 6.07) is 4.38. The number of hydrogen-bond donors (Lipinski definition) is 1. The lowest BCUT2D eigenvalue weighted by atomic mass is 10.1. The Morgan fingerprint density at radius 1 is 1.41 bits per heavy atom. The van der Waals surface area contributed by atoms with Crippen molar-refractivity contribution >= 4 is 5.97 Å². The third-order valence-corrected chi connectivity index (χ3v) is 3.64. The lowest BCUT2D eigenvalue weighted by Gasteiger charge is -2.34. The Morgan fingerprint density at radius 2 is 2.23 bits per heavy atom. The van der Waals surface area contributed by atoms with E-state index in [-0.39, 0.29) is 24.0 Å². The number of carboxylic acid groups (broad SMARTS) is 1. The van der Waals surface area contributed by atoms with Gasteiger partial charge in [0.2, 0.25) is 0 Å². The minimum absolute atomic E-state index is 0.00747. The number of nitrogens with zero attached hydrogens (tertiary/aromatic N) is 1. The molecule has 1 saturated heterocycles. The van der Waals surface area contributed by atoms with E-state index in [0.29, 0.717) is 31.9 Å². The van der Waals surface area contributed by atoms with E-state index in [1.807, 2.05) is 4.90 Å². The number of carbonyl (C=O) groups is 1. The van der Waals surface area contributed by atoms with Gasteiger partial charge in [-0.3, -0.25) is 9.69 Å². The van der Waals surface area contributed by atoms with Crippen LogP contribution in [0.3, 0.4) is 0 Å². The summed E-state index contributed by atoms with van der Waals surface area (Å²) in [6.07, 6.45) is -3.73. The fraction of sp³-hybridized carbons (Fsp3) is 0.500. The molecule has 0 saturated carbocycles. The normalized spacial score (nSPS) is 23.5. The number of halogens is 2. The Morgan fingerprint density at radius 3 is 3.00 bits per heavy atom. The summed E-state index contributed by atoms with van der Waals surface area (Å²) in [4.78, 5) is 12.8. The molecule has 2 aliphatic rings. The van der Waals surface area contributed by atoms with Crippen molar-refractivity contribution in [1.29, 1.82) is 0 Å². The molecule has 1 fully saturated rings.